The van der Waals surface area contributed by atoms with E-state index in [1.165, 1.54) is 0 Å². The number of benzene rings is 1. The lowest BCUT2D eigenvalue weighted by Gasteiger charge is -2.51. The van der Waals surface area contributed by atoms with E-state index in [0.29, 0.717) is 0 Å². The fourth-order valence-corrected chi connectivity index (χ4v) is 2.26. The molecule has 0 aliphatic carbocycles. The van der Waals surface area contributed by atoms with E-state index in [1.807, 2.05) is 37.3 Å². The first-order valence-electron chi connectivity index (χ1n) is 4.98. The van der Waals surface area contributed by atoms with Crippen molar-refractivity contribution in [1.29, 1.82) is 0 Å². The normalized spacial score (nSPS) is 30.2. The zero-order valence-corrected chi connectivity index (χ0v) is 9.23. The molecule has 1 amide bonds. The molecule has 0 N–H and O–H groups in total. The molecule has 1 saturated heterocycles. The molecule has 1 aromatic rings. The smallest absolute Gasteiger partial charge is 0.257 e. The van der Waals surface area contributed by atoms with E-state index in [9.17, 15) is 4.79 Å². The Kier molecular flexibility index (Phi) is 2.27. The second-order valence-corrected chi connectivity index (χ2v) is 4.04. The lowest BCUT2D eigenvalue weighted by atomic mass is 9.80. The van der Waals surface area contributed by atoms with Gasteiger partial charge in [-0.05, 0) is 12.5 Å². The van der Waals surface area contributed by atoms with E-state index in [0.717, 1.165) is 5.56 Å². The highest BCUT2D eigenvalue weighted by atomic mass is 16.5. The predicted octanol–water partition coefficient (Wildman–Crippen LogP) is 1.60. The summed E-state index contributed by atoms with van der Waals surface area (Å²) in [5.74, 6) is 0.0406. The molecule has 15 heavy (non-hydrogen) atoms. The van der Waals surface area contributed by atoms with E-state index in [1.54, 1.807) is 19.1 Å². The van der Waals surface area contributed by atoms with E-state index in [-0.39, 0.29) is 11.9 Å². The van der Waals surface area contributed by atoms with Crippen LogP contribution in [0.25, 0.3) is 0 Å². The number of ether oxygens (including phenoxy) is 1. The summed E-state index contributed by atoms with van der Waals surface area (Å²) >= 11 is 0. The summed E-state index contributed by atoms with van der Waals surface area (Å²) in [7, 11) is 3.39. The van der Waals surface area contributed by atoms with Gasteiger partial charge in [0, 0.05) is 14.2 Å². The minimum atomic E-state index is -0.698. The molecule has 1 aromatic carbocycles. The van der Waals surface area contributed by atoms with Crippen molar-refractivity contribution in [2.75, 3.05) is 14.2 Å². The Morgan fingerprint density at radius 1 is 1.33 bits per heavy atom. The third-order valence-corrected chi connectivity index (χ3v) is 3.19. The van der Waals surface area contributed by atoms with Gasteiger partial charge in [-0.25, -0.2) is 0 Å². The standard InChI is InChI=1S/C12H15NO2/c1-12(15-3)10(13(2)11(12)14)9-7-5-4-6-8-9/h4-8,10H,1-3H3/t10-,12-/m0/s1. The lowest BCUT2D eigenvalue weighted by Crippen LogP contribution is -2.66. The summed E-state index contributed by atoms with van der Waals surface area (Å²) in [6.07, 6.45) is 0. The average molecular weight is 205 g/mol. The molecule has 2 rings (SSSR count). The molecular weight excluding hydrogens is 190 g/mol. The molecule has 1 aliphatic heterocycles. The van der Waals surface area contributed by atoms with Crippen LogP contribution in [0.3, 0.4) is 0 Å². The van der Waals surface area contributed by atoms with Gasteiger partial charge in [0.1, 0.15) is 0 Å². The first-order chi connectivity index (χ1) is 7.11. The van der Waals surface area contributed by atoms with Gasteiger partial charge >= 0.3 is 0 Å². The summed E-state index contributed by atoms with van der Waals surface area (Å²) in [5.41, 5.74) is 0.416. The van der Waals surface area contributed by atoms with Crippen LogP contribution in [0.4, 0.5) is 0 Å². The third-order valence-electron chi connectivity index (χ3n) is 3.19. The summed E-state index contributed by atoms with van der Waals surface area (Å²) in [6, 6.07) is 9.98. The maximum atomic E-state index is 11.7. The van der Waals surface area contributed by atoms with Gasteiger partial charge < -0.3 is 9.64 Å². The van der Waals surface area contributed by atoms with Gasteiger partial charge in [-0.15, -0.1) is 0 Å². The SMILES string of the molecule is CO[C@]1(C)C(=O)N(C)[C@H]1c1ccccc1. The predicted molar refractivity (Wildman–Crippen MR) is 57.4 cm³/mol. The second kappa shape index (κ2) is 3.35. The molecule has 3 heteroatoms. The molecule has 0 aromatic heterocycles. The molecule has 0 saturated carbocycles. The van der Waals surface area contributed by atoms with Crippen LogP contribution in [0.15, 0.2) is 30.3 Å². The number of carbonyl (C=O) groups is 1. The Balaban J connectivity index is 2.34. The molecule has 1 fully saturated rings. The van der Waals surface area contributed by atoms with Crippen LogP contribution in [0.1, 0.15) is 18.5 Å². The van der Waals surface area contributed by atoms with Crippen molar-refractivity contribution in [2.24, 2.45) is 0 Å². The van der Waals surface area contributed by atoms with E-state index >= 15 is 0 Å². The lowest BCUT2D eigenvalue weighted by molar-refractivity contribution is -0.191. The van der Waals surface area contributed by atoms with Crippen LogP contribution in [0.5, 0.6) is 0 Å². The van der Waals surface area contributed by atoms with Gasteiger partial charge in [-0.1, -0.05) is 30.3 Å². The number of likely N-dealkylation sites (tertiary alicyclic amines) is 1. The minimum Gasteiger partial charge on any atom is -0.366 e. The highest BCUT2D eigenvalue weighted by molar-refractivity contribution is 5.92. The van der Waals surface area contributed by atoms with Crippen LogP contribution in [0.2, 0.25) is 0 Å². The highest BCUT2D eigenvalue weighted by Crippen LogP contribution is 2.43. The number of methoxy groups -OCH3 is 1. The quantitative estimate of drug-likeness (QED) is 0.686. The van der Waals surface area contributed by atoms with Crippen LogP contribution in [-0.2, 0) is 9.53 Å². The minimum absolute atomic E-state index is 0.0243. The van der Waals surface area contributed by atoms with Crippen molar-refractivity contribution in [3.63, 3.8) is 0 Å². The molecule has 2 atom stereocenters. The Morgan fingerprint density at radius 2 is 1.93 bits per heavy atom. The topological polar surface area (TPSA) is 29.5 Å². The number of likely N-dealkylation sites (N-methyl/N-ethyl adjacent to an activating group) is 1. The number of rotatable bonds is 2. The van der Waals surface area contributed by atoms with Crippen molar-refractivity contribution >= 4 is 5.91 Å². The van der Waals surface area contributed by atoms with Crippen molar-refractivity contribution in [3.05, 3.63) is 35.9 Å². The van der Waals surface area contributed by atoms with Crippen molar-refractivity contribution in [2.45, 2.75) is 18.6 Å². The van der Waals surface area contributed by atoms with Gasteiger partial charge in [-0.3, -0.25) is 4.79 Å². The molecule has 0 spiro atoms. The molecular formula is C12H15NO2. The molecule has 0 radical (unpaired) electrons. The van der Waals surface area contributed by atoms with Crippen LogP contribution in [0, 0.1) is 0 Å². The first-order valence-corrected chi connectivity index (χ1v) is 4.98. The molecule has 1 heterocycles. The van der Waals surface area contributed by atoms with Crippen molar-refractivity contribution in [1.82, 2.24) is 4.90 Å². The van der Waals surface area contributed by atoms with E-state index < -0.39 is 5.60 Å². The molecule has 80 valence electrons. The zero-order valence-electron chi connectivity index (χ0n) is 9.23. The Labute approximate surface area is 89.7 Å². The van der Waals surface area contributed by atoms with Crippen LogP contribution >= 0.6 is 0 Å². The van der Waals surface area contributed by atoms with E-state index in [2.05, 4.69) is 0 Å². The number of carbonyl (C=O) groups excluding carboxylic acids is 1. The number of β-lactam (4-membered cyclic amide) rings is 1. The van der Waals surface area contributed by atoms with Crippen molar-refractivity contribution in [3.8, 4) is 0 Å². The van der Waals surface area contributed by atoms with Crippen molar-refractivity contribution < 1.29 is 9.53 Å². The largest absolute Gasteiger partial charge is 0.366 e. The molecule has 0 unspecified atom stereocenters. The Hall–Kier alpha value is -1.35. The van der Waals surface area contributed by atoms with Gasteiger partial charge in [0.2, 0.25) is 0 Å². The van der Waals surface area contributed by atoms with Gasteiger partial charge in [0.25, 0.3) is 5.91 Å². The van der Waals surface area contributed by atoms with Crippen LogP contribution in [-0.4, -0.2) is 30.6 Å². The summed E-state index contributed by atoms with van der Waals surface area (Å²) in [5, 5.41) is 0. The first kappa shape index (κ1) is 10.2. The van der Waals surface area contributed by atoms with Crippen LogP contribution < -0.4 is 0 Å². The van der Waals surface area contributed by atoms with E-state index in [4.69, 9.17) is 4.74 Å². The summed E-state index contributed by atoms with van der Waals surface area (Å²) in [4.78, 5) is 13.4. The molecule has 3 nitrogen and oxygen atoms in total. The monoisotopic (exact) mass is 205 g/mol. The van der Waals surface area contributed by atoms with Gasteiger partial charge in [0.15, 0.2) is 5.60 Å². The zero-order chi connectivity index (χ0) is 11.1. The molecule has 0 bridgehead atoms. The second-order valence-electron chi connectivity index (χ2n) is 4.04. The summed E-state index contributed by atoms with van der Waals surface area (Å²) < 4.78 is 5.33. The number of hydrogen-bond donors (Lipinski definition) is 0. The maximum Gasteiger partial charge on any atom is 0.257 e. The Morgan fingerprint density at radius 3 is 2.47 bits per heavy atom. The average Bonchev–Trinajstić information content (AvgIpc) is 2.29. The summed E-state index contributed by atoms with van der Waals surface area (Å²) in [6.45, 7) is 1.84. The number of hydrogen-bond acceptors (Lipinski definition) is 2. The Bertz CT molecular complexity index is 376. The third kappa shape index (κ3) is 1.27. The fourth-order valence-electron chi connectivity index (χ4n) is 2.26. The maximum absolute atomic E-state index is 11.7. The molecule has 1 aliphatic rings. The number of amides is 1. The number of nitrogens with zero attached hydrogens (tertiary/aromatic N) is 1. The van der Waals surface area contributed by atoms with Gasteiger partial charge in [0.05, 0.1) is 6.04 Å². The van der Waals surface area contributed by atoms with Gasteiger partial charge in [-0.2, -0.15) is 0 Å². The highest BCUT2D eigenvalue weighted by Gasteiger charge is 2.56. The fraction of sp³-hybridized carbons (Fsp3) is 0.417.